The number of aryl methyl sites for hydroxylation is 1. The number of ether oxygens (including phenoxy) is 1. The summed E-state index contributed by atoms with van der Waals surface area (Å²) in [4.78, 5) is 44.9. The molecule has 0 saturated carbocycles. The Morgan fingerprint density at radius 3 is 2.63 bits per heavy atom. The molecule has 8 heteroatoms. The number of esters is 1. The highest BCUT2D eigenvalue weighted by atomic mass is 32.1. The van der Waals surface area contributed by atoms with Crippen LogP contribution in [0.1, 0.15) is 33.6 Å². The van der Waals surface area contributed by atoms with E-state index in [0.717, 1.165) is 42.8 Å². The maximum absolute atomic E-state index is 12.9. The second kappa shape index (κ2) is 8.79. The van der Waals surface area contributed by atoms with Crippen molar-refractivity contribution in [3.05, 3.63) is 63.0 Å². The first kappa shape index (κ1) is 20.3. The monoisotopic (exact) mass is 425 g/mol. The second-order valence-corrected chi connectivity index (χ2v) is 8.37. The van der Waals surface area contributed by atoms with E-state index in [1.165, 1.54) is 10.9 Å². The quantitative estimate of drug-likeness (QED) is 0.567. The maximum atomic E-state index is 12.9. The number of carbonyl (C=O) groups is 2. The first-order chi connectivity index (χ1) is 14.5. The molecule has 1 amide bonds. The van der Waals surface area contributed by atoms with E-state index in [2.05, 4.69) is 4.98 Å². The standard InChI is InChI=1S/C22H23N3O4S/c1-15-18-20(23-14-25(21(18)27)13-17(26)24-10-5-6-11-24)30-19(15)22(28)29-12-9-16-7-3-2-4-8-16/h2-4,7-8,14H,5-6,9-13H2,1H3. The maximum Gasteiger partial charge on any atom is 0.348 e. The predicted molar refractivity (Wildman–Crippen MR) is 115 cm³/mol. The van der Waals surface area contributed by atoms with Crippen molar-refractivity contribution in [3.8, 4) is 0 Å². The first-order valence-corrected chi connectivity index (χ1v) is 10.8. The molecular formula is C22H23N3O4S. The van der Waals surface area contributed by atoms with Crippen LogP contribution in [0.15, 0.2) is 41.5 Å². The lowest BCUT2D eigenvalue weighted by Crippen LogP contribution is -2.34. The molecule has 1 aliphatic heterocycles. The van der Waals surface area contributed by atoms with E-state index in [1.54, 1.807) is 11.8 Å². The van der Waals surface area contributed by atoms with Gasteiger partial charge in [0.25, 0.3) is 5.56 Å². The Morgan fingerprint density at radius 2 is 1.90 bits per heavy atom. The van der Waals surface area contributed by atoms with Crippen LogP contribution in [0.2, 0.25) is 0 Å². The zero-order chi connectivity index (χ0) is 21.1. The summed E-state index contributed by atoms with van der Waals surface area (Å²) in [7, 11) is 0. The summed E-state index contributed by atoms with van der Waals surface area (Å²) in [5.41, 5.74) is 1.34. The molecule has 1 saturated heterocycles. The molecule has 0 N–H and O–H groups in total. The highest BCUT2D eigenvalue weighted by Crippen LogP contribution is 2.27. The van der Waals surface area contributed by atoms with Gasteiger partial charge in [0.1, 0.15) is 16.3 Å². The Bertz CT molecular complexity index is 1130. The third-order valence-corrected chi connectivity index (χ3v) is 6.51. The Kier molecular flexibility index (Phi) is 5.94. The Morgan fingerprint density at radius 1 is 1.17 bits per heavy atom. The van der Waals surface area contributed by atoms with Crippen molar-refractivity contribution < 1.29 is 14.3 Å². The number of hydrogen-bond acceptors (Lipinski definition) is 6. The number of nitrogens with zero attached hydrogens (tertiary/aromatic N) is 3. The molecule has 4 rings (SSSR count). The molecule has 1 aromatic carbocycles. The lowest BCUT2D eigenvalue weighted by atomic mass is 10.2. The van der Waals surface area contributed by atoms with Gasteiger partial charge < -0.3 is 9.64 Å². The fourth-order valence-electron chi connectivity index (χ4n) is 3.65. The van der Waals surface area contributed by atoms with Gasteiger partial charge in [-0.05, 0) is 30.9 Å². The van der Waals surface area contributed by atoms with Crippen LogP contribution >= 0.6 is 11.3 Å². The van der Waals surface area contributed by atoms with E-state index < -0.39 is 5.97 Å². The minimum Gasteiger partial charge on any atom is -0.461 e. The molecule has 2 aromatic heterocycles. The summed E-state index contributed by atoms with van der Waals surface area (Å²) in [6.45, 7) is 3.42. The van der Waals surface area contributed by atoms with Crippen LogP contribution in [0.5, 0.6) is 0 Å². The van der Waals surface area contributed by atoms with Crippen LogP contribution in [0.25, 0.3) is 10.2 Å². The SMILES string of the molecule is Cc1c(C(=O)OCCc2ccccc2)sc2ncn(CC(=O)N3CCCC3)c(=O)c12. The van der Waals surface area contributed by atoms with E-state index >= 15 is 0 Å². The zero-order valence-electron chi connectivity index (χ0n) is 16.8. The minimum atomic E-state index is -0.453. The first-order valence-electron chi connectivity index (χ1n) is 10.0. The molecule has 0 spiro atoms. The van der Waals surface area contributed by atoms with Crippen molar-refractivity contribution in [2.45, 2.75) is 32.7 Å². The topological polar surface area (TPSA) is 81.5 Å². The van der Waals surface area contributed by atoms with Crippen molar-refractivity contribution in [1.82, 2.24) is 14.5 Å². The summed E-state index contributed by atoms with van der Waals surface area (Å²) >= 11 is 1.15. The number of aromatic nitrogens is 2. The van der Waals surface area contributed by atoms with Gasteiger partial charge in [0.05, 0.1) is 18.3 Å². The number of hydrogen-bond donors (Lipinski definition) is 0. The van der Waals surface area contributed by atoms with Crippen molar-refractivity contribution >= 4 is 33.4 Å². The molecule has 0 aliphatic carbocycles. The van der Waals surface area contributed by atoms with Crippen molar-refractivity contribution in [1.29, 1.82) is 0 Å². The number of likely N-dealkylation sites (tertiary alicyclic amines) is 1. The van der Waals surface area contributed by atoms with Crippen LogP contribution in [-0.2, 0) is 22.5 Å². The molecule has 1 aliphatic rings. The van der Waals surface area contributed by atoms with Gasteiger partial charge in [-0.2, -0.15) is 0 Å². The Labute approximate surface area is 177 Å². The fraction of sp³-hybridized carbons (Fsp3) is 0.364. The van der Waals surface area contributed by atoms with Gasteiger partial charge >= 0.3 is 5.97 Å². The van der Waals surface area contributed by atoms with Crippen LogP contribution in [0.3, 0.4) is 0 Å². The number of amides is 1. The van der Waals surface area contributed by atoms with E-state index in [-0.39, 0.29) is 24.6 Å². The van der Waals surface area contributed by atoms with Gasteiger partial charge in [0.15, 0.2) is 0 Å². The van der Waals surface area contributed by atoms with Crippen LogP contribution in [0, 0.1) is 6.92 Å². The highest BCUT2D eigenvalue weighted by Gasteiger charge is 2.23. The lowest BCUT2D eigenvalue weighted by Gasteiger charge is -2.15. The molecule has 0 unspecified atom stereocenters. The molecule has 0 radical (unpaired) electrons. The van der Waals surface area contributed by atoms with Gasteiger partial charge in [-0.15, -0.1) is 11.3 Å². The molecular weight excluding hydrogens is 402 g/mol. The summed E-state index contributed by atoms with van der Waals surface area (Å²) in [5, 5.41) is 0.381. The van der Waals surface area contributed by atoms with E-state index in [1.807, 2.05) is 30.3 Å². The molecule has 3 aromatic rings. The second-order valence-electron chi connectivity index (χ2n) is 7.37. The molecule has 0 atom stereocenters. The van der Waals surface area contributed by atoms with Crippen LogP contribution in [-0.4, -0.2) is 46.0 Å². The number of thiophene rings is 1. The summed E-state index contributed by atoms with van der Waals surface area (Å²) in [5.74, 6) is -0.533. The average molecular weight is 426 g/mol. The molecule has 30 heavy (non-hydrogen) atoms. The third-order valence-electron chi connectivity index (χ3n) is 5.33. The Balaban J connectivity index is 1.50. The molecule has 1 fully saturated rings. The zero-order valence-corrected chi connectivity index (χ0v) is 17.6. The van der Waals surface area contributed by atoms with Gasteiger partial charge in [-0.3, -0.25) is 14.2 Å². The third kappa shape index (κ3) is 4.14. The van der Waals surface area contributed by atoms with Gasteiger partial charge in [-0.1, -0.05) is 30.3 Å². The highest BCUT2D eigenvalue weighted by molar-refractivity contribution is 7.20. The van der Waals surface area contributed by atoms with Crippen molar-refractivity contribution in [3.63, 3.8) is 0 Å². The molecule has 3 heterocycles. The number of fused-ring (bicyclic) bond motifs is 1. The number of rotatable bonds is 6. The Hall–Kier alpha value is -3.00. The smallest absolute Gasteiger partial charge is 0.348 e. The van der Waals surface area contributed by atoms with Crippen molar-refractivity contribution in [2.75, 3.05) is 19.7 Å². The molecule has 0 bridgehead atoms. The lowest BCUT2D eigenvalue weighted by molar-refractivity contribution is -0.130. The van der Waals surface area contributed by atoms with Crippen molar-refractivity contribution in [2.24, 2.45) is 0 Å². The summed E-state index contributed by atoms with van der Waals surface area (Å²) in [6, 6.07) is 9.79. The van der Waals surface area contributed by atoms with Crippen LogP contribution < -0.4 is 5.56 Å². The fourth-order valence-corrected chi connectivity index (χ4v) is 4.68. The molecule has 156 valence electrons. The normalized spacial score (nSPS) is 13.7. The van der Waals surface area contributed by atoms with Gasteiger partial charge in [0.2, 0.25) is 5.91 Å². The largest absolute Gasteiger partial charge is 0.461 e. The van der Waals surface area contributed by atoms with Gasteiger partial charge in [0, 0.05) is 19.5 Å². The van der Waals surface area contributed by atoms with E-state index in [4.69, 9.17) is 4.74 Å². The van der Waals surface area contributed by atoms with E-state index in [0.29, 0.717) is 27.1 Å². The number of benzene rings is 1. The van der Waals surface area contributed by atoms with Crippen LogP contribution in [0.4, 0.5) is 0 Å². The van der Waals surface area contributed by atoms with E-state index in [9.17, 15) is 14.4 Å². The summed E-state index contributed by atoms with van der Waals surface area (Å²) < 4.78 is 6.75. The minimum absolute atomic E-state index is 0.0338. The number of carbonyl (C=O) groups excluding carboxylic acids is 2. The molecule has 7 nitrogen and oxygen atoms in total. The average Bonchev–Trinajstić information content (AvgIpc) is 3.39. The van der Waals surface area contributed by atoms with Gasteiger partial charge in [-0.25, -0.2) is 9.78 Å². The predicted octanol–water partition coefficient (Wildman–Crippen LogP) is 2.79. The summed E-state index contributed by atoms with van der Waals surface area (Å²) in [6.07, 6.45) is 4.01.